The molecule has 6 atom stereocenters. The van der Waals surface area contributed by atoms with Crippen LogP contribution in [-0.2, 0) is 14.3 Å². The molecule has 1 aliphatic carbocycles. The number of amides is 1. The highest BCUT2D eigenvalue weighted by Gasteiger charge is 2.78. The highest BCUT2D eigenvalue weighted by Crippen LogP contribution is 2.58. The predicted molar refractivity (Wildman–Crippen MR) is 116 cm³/mol. The zero-order valence-corrected chi connectivity index (χ0v) is 18.2. The number of esters is 1. The number of ether oxygens (including phenoxy) is 2. The summed E-state index contributed by atoms with van der Waals surface area (Å²) >= 11 is 0. The molecule has 7 heteroatoms. The quantitative estimate of drug-likeness (QED) is 0.724. The Hall–Kier alpha value is -3.22. The first-order valence-corrected chi connectivity index (χ1v) is 10.9. The maximum atomic E-state index is 14.1. The minimum atomic E-state index is -1.31. The predicted octanol–water partition coefficient (Wildman–Crippen LogP) is 4.36. The van der Waals surface area contributed by atoms with E-state index in [1.807, 2.05) is 24.3 Å². The number of alkyl carbamates (subject to hydrolysis) is 1. The Morgan fingerprint density at radius 1 is 1.16 bits per heavy atom. The number of halogens is 1. The average molecular weight is 436 g/mol. The molecular formula is C25H25FN2O4. The molecular weight excluding hydrogens is 411 g/mol. The number of nitrogens with one attached hydrogen (secondary N) is 1. The Morgan fingerprint density at radius 3 is 2.66 bits per heavy atom. The van der Waals surface area contributed by atoms with E-state index < -0.39 is 29.3 Å². The van der Waals surface area contributed by atoms with Gasteiger partial charge in [-0.2, -0.15) is 0 Å². The van der Waals surface area contributed by atoms with Gasteiger partial charge in [0.1, 0.15) is 17.5 Å². The first-order valence-electron chi connectivity index (χ1n) is 10.9. The molecule has 1 aromatic heterocycles. The van der Waals surface area contributed by atoms with E-state index in [1.54, 1.807) is 31.3 Å². The van der Waals surface area contributed by atoms with Gasteiger partial charge in [-0.25, -0.2) is 14.0 Å². The summed E-state index contributed by atoms with van der Waals surface area (Å²) in [7, 11) is 0. The van der Waals surface area contributed by atoms with Gasteiger partial charge in [0.15, 0.2) is 0 Å². The zero-order chi connectivity index (χ0) is 22.7. The highest BCUT2D eigenvalue weighted by atomic mass is 19.1. The molecule has 0 spiro atoms. The highest BCUT2D eigenvalue weighted by molar-refractivity contribution is 5.92. The van der Waals surface area contributed by atoms with E-state index in [9.17, 15) is 14.0 Å². The van der Waals surface area contributed by atoms with Crippen LogP contribution in [0.3, 0.4) is 0 Å². The van der Waals surface area contributed by atoms with Crippen molar-refractivity contribution < 1.29 is 23.5 Å². The van der Waals surface area contributed by atoms with Gasteiger partial charge in [0.2, 0.25) is 5.60 Å². The second-order valence-electron chi connectivity index (χ2n) is 9.14. The van der Waals surface area contributed by atoms with E-state index in [0.29, 0.717) is 23.2 Å². The first-order chi connectivity index (χ1) is 15.3. The SMILES string of the molecule is C[C@@H]1[C@@H](C)C[C@]23OC(=O)N[C@]2([C@@H](C)OC3=O)[C@H]1/C=C/c1ccc(-c2ccccc2F)cn1. The Morgan fingerprint density at radius 2 is 1.94 bits per heavy atom. The largest absolute Gasteiger partial charge is 0.457 e. The summed E-state index contributed by atoms with van der Waals surface area (Å²) in [5.41, 5.74) is -0.392. The molecule has 0 radical (unpaired) electrons. The molecule has 1 amide bonds. The summed E-state index contributed by atoms with van der Waals surface area (Å²) in [6, 6.07) is 10.2. The fourth-order valence-corrected chi connectivity index (χ4v) is 5.74. The number of pyridine rings is 1. The third-order valence-electron chi connectivity index (χ3n) is 7.54. The van der Waals surface area contributed by atoms with Crippen molar-refractivity contribution in [3.05, 3.63) is 60.2 Å². The molecule has 6 nitrogen and oxygen atoms in total. The number of aromatic nitrogens is 1. The number of rotatable bonds is 3. The van der Waals surface area contributed by atoms with Crippen molar-refractivity contribution in [2.45, 2.75) is 44.4 Å². The van der Waals surface area contributed by atoms with Crippen molar-refractivity contribution in [3.63, 3.8) is 0 Å². The van der Waals surface area contributed by atoms with E-state index >= 15 is 0 Å². The third-order valence-corrected chi connectivity index (χ3v) is 7.54. The third kappa shape index (κ3) is 2.73. The van der Waals surface area contributed by atoms with E-state index in [1.165, 1.54) is 6.07 Å². The van der Waals surface area contributed by atoms with Crippen LogP contribution in [0.2, 0.25) is 0 Å². The fraction of sp³-hybridized carbons (Fsp3) is 0.400. The number of hydrogen-bond acceptors (Lipinski definition) is 5. The van der Waals surface area contributed by atoms with E-state index in [-0.39, 0.29) is 23.6 Å². The Balaban J connectivity index is 1.49. The maximum Gasteiger partial charge on any atom is 0.409 e. The van der Waals surface area contributed by atoms with Crippen LogP contribution in [0.5, 0.6) is 0 Å². The molecule has 1 aromatic carbocycles. The molecule has 2 aliphatic heterocycles. The fourth-order valence-electron chi connectivity index (χ4n) is 5.74. The molecule has 3 heterocycles. The molecule has 3 fully saturated rings. The van der Waals surface area contributed by atoms with E-state index in [4.69, 9.17) is 9.47 Å². The van der Waals surface area contributed by atoms with Crippen LogP contribution in [0, 0.1) is 23.6 Å². The van der Waals surface area contributed by atoms with Gasteiger partial charge >= 0.3 is 12.1 Å². The van der Waals surface area contributed by atoms with Gasteiger partial charge in [-0.3, -0.25) is 4.98 Å². The van der Waals surface area contributed by atoms with Gasteiger partial charge in [-0.05, 0) is 37.0 Å². The van der Waals surface area contributed by atoms with Gasteiger partial charge in [-0.15, -0.1) is 0 Å². The van der Waals surface area contributed by atoms with Gasteiger partial charge < -0.3 is 14.8 Å². The van der Waals surface area contributed by atoms with Crippen molar-refractivity contribution in [1.82, 2.24) is 10.3 Å². The van der Waals surface area contributed by atoms with Crippen molar-refractivity contribution in [1.29, 1.82) is 0 Å². The van der Waals surface area contributed by atoms with Gasteiger partial charge in [-0.1, -0.05) is 44.2 Å². The van der Waals surface area contributed by atoms with Crippen LogP contribution in [-0.4, -0.2) is 34.3 Å². The standard InChI is InChI=1S/C25H25FN2O4/c1-14-12-24-22(29)31-16(3)25(24,28-23(30)32-24)20(15(14)2)11-10-18-9-8-17(13-27-18)19-6-4-5-7-21(19)26/h4-11,13-16,20H,12H2,1-3H3,(H,28,30)/b11-10+/t14-,15+,16+,20-,24+,25+/m0/s1. The molecule has 2 aromatic rings. The van der Waals surface area contributed by atoms with Gasteiger partial charge in [0.05, 0.1) is 5.69 Å². The number of hydrogen-bond donors (Lipinski definition) is 1. The molecule has 166 valence electrons. The molecule has 5 rings (SSSR count). The Kier molecular flexibility index (Phi) is 4.62. The molecule has 3 aliphatic rings. The number of benzene rings is 1. The van der Waals surface area contributed by atoms with E-state index in [2.05, 4.69) is 24.1 Å². The lowest BCUT2D eigenvalue weighted by molar-refractivity contribution is -0.157. The molecule has 1 saturated carbocycles. The van der Waals surface area contributed by atoms with Crippen LogP contribution in [0.15, 0.2) is 48.7 Å². The van der Waals surface area contributed by atoms with Crippen LogP contribution < -0.4 is 5.32 Å². The summed E-state index contributed by atoms with van der Waals surface area (Å²) in [5.74, 6) is -0.675. The van der Waals surface area contributed by atoms with Gasteiger partial charge in [0, 0.05) is 29.7 Å². The minimum absolute atomic E-state index is 0.139. The van der Waals surface area contributed by atoms with Crippen molar-refractivity contribution in [3.8, 4) is 11.1 Å². The Bertz CT molecular complexity index is 1120. The topological polar surface area (TPSA) is 77.5 Å². The molecule has 1 N–H and O–H groups in total. The normalized spacial score (nSPS) is 35.8. The first kappa shape index (κ1) is 20.7. The van der Waals surface area contributed by atoms with Crippen molar-refractivity contribution in [2.24, 2.45) is 17.8 Å². The second-order valence-corrected chi connectivity index (χ2v) is 9.14. The molecule has 0 unspecified atom stereocenters. The monoisotopic (exact) mass is 436 g/mol. The molecule has 2 saturated heterocycles. The molecule has 32 heavy (non-hydrogen) atoms. The Labute approximate surface area is 185 Å². The van der Waals surface area contributed by atoms with Crippen LogP contribution in [0.4, 0.5) is 9.18 Å². The van der Waals surface area contributed by atoms with Gasteiger partial charge in [0.25, 0.3) is 0 Å². The number of carbonyl (C=O) groups is 2. The van der Waals surface area contributed by atoms with Crippen LogP contribution >= 0.6 is 0 Å². The summed E-state index contributed by atoms with van der Waals surface area (Å²) < 4.78 is 25.3. The van der Waals surface area contributed by atoms with Crippen molar-refractivity contribution >= 4 is 18.1 Å². The summed E-state index contributed by atoms with van der Waals surface area (Å²) in [5, 5.41) is 2.96. The smallest absolute Gasteiger partial charge is 0.409 e. The van der Waals surface area contributed by atoms with Crippen molar-refractivity contribution in [2.75, 3.05) is 0 Å². The second kappa shape index (κ2) is 7.15. The van der Waals surface area contributed by atoms with Crippen LogP contribution in [0.1, 0.15) is 32.9 Å². The lowest BCUT2D eigenvalue weighted by Crippen LogP contribution is -2.69. The summed E-state index contributed by atoms with van der Waals surface area (Å²) in [6.45, 7) is 5.99. The average Bonchev–Trinajstić information content (AvgIpc) is 3.17. The summed E-state index contributed by atoms with van der Waals surface area (Å²) in [4.78, 5) is 29.6. The zero-order valence-electron chi connectivity index (χ0n) is 18.2. The number of carbonyl (C=O) groups excluding carboxylic acids is 2. The number of cyclic esters (lactones) is 1. The van der Waals surface area contributed by atoms with Crippen LogP contribution in [0.25, 0.3) is 17.2 Å². The number of nitrogens with zero attached hydrogens (tertiary/aromatic N) is 1. The summed E-state index contributed by atoms with van der Waals surface area (Å²) in [6.07, 6.45) is 4.83. The minimum Gasteiger partial charge on any atom is -0.457 e. The lowest BCUT2D eigenvalue weighted by Gasteiger charge is -2.49. The molecule has 0 bridgehead atoms. The lowest BCUT2D eigenvalue weighted by atomic mass is 9.55. The maximum absolute atomic E-state index is 14.1. The van der Waals surface area contributed by atoms with E-state index in [0.717, 1.165) is 0 Å².